The summed E-state index contributed by atoms with van der Waals surface area (Å²) in [5, 5.41) is 22.5. The second-order valence-electron chi connectivity index (χ2n) is 6.89. The minimum Gasteiger partial charge on any atom is -0.475 e. The molecule has 0 aliphatic carbocycles. The molecule has 0 saturated carbocycles. The molecule has 2 atom stereocenters. The summed E-state index contributed by atoms with van der Waals surface area (Å²) in [5.41, 5.74) is 2.70. The molecule has 1 fully saturated rings. The number of hydrogen-bond acceptors (Lipinski definition) is 6. The molecule has 3 N–H and O–H groups in total. The number of pyridine rings is 1. The van der Waals surface area contributed by atoms with E-state index in [1.54, 1.807) is 31.5 Å². The first kappa shape index (κ1) is 24.8. The lowest BCUT2D eigenvalue weighted by molar-refractivity contribution is -0.192. The van der Waals surface area contributed by atoms with Crippen LogP contribution in [0.15, 0.2) is 42.6 Å². The second kappa shape index (κ2) is 11.2. The average molecular weight is 450 g/mol. The number of aromatic nitrogens is 1. The third-order valence-electron chi connectivity index (χ3n) is 4.49. The minimum atomic E-state index is -5.08. The third-order valence-corrected chi connectivity index (χ3v) is 4.49. The summed E-state index contributed by atoms with van der Waals surface area (Å²) >= 11 is 0. The van der Waals surface area contributed by atoms with Gasteiger partial charge in [0.25, 0.3) is 5.91 Å². The molecule has 2 aromatic rings. The number of amides is 1. The van der Waals surface area contributed by atoms with Crippen molar-refractivity contribution in [2.75, 3.05) is 20.3 Å². The van der Waals surface area contributed by atoms with E-state index in [-0.39, 0.29) is 18.0 Å². The van der Waals surface area contributed by atoms with Crippen LogP contribution in [0.4, 0.5) is 13.2 Å². The van der Waals surface area contributed by atoms with E-state index in [1.165, 1.54) is 0 Å². The normalized spacial score (nSPS) is 17.6. The molecule has 8 nitrogen and oxygen atoms in total. The molecule has 170 valence electrons. The number of rotatable bonds is 5. The molecule has 1 aromatic carbocycles. The van der Waals surface area contributed by atoms with Crippen molar-refractivity contribution in [2.24, 2.45) is 0 Å². The maximum Gasteiger partial charge on any atom is 0.490 e. The number of carboxylic acids is 1. The number of nitrogens with one attached hydrogen (secondary N) is 2. The molecule has 0 spiro atoms. The van der Waals surface area contributed by atoms with Crippen molar-refractivity contribution in [1.82, 2.24) is 15.6 Å². The number of carboxylic acid groups (broad SMARTS) is 1. The quantitative estimate of drug-likeness (QED) is 0.639. The number of halogens is 3. The highest BCUT2D eigenvalue weighted by atomic mass is 19.4. The van der Waals surface area contributed by atoms with Crippen molar-refractivity contribution in [3.63, 3.8) is 0 Å². The Kier molecular flexibility index (Phi) is 8.69. The fourth-order valence-electron chi connectivity index (χ4n) is 3.02. The zero-order valence-corrected chi connectivity index (χ0v) is 17.0. The lowest BCUT2D eigenvalue weighted by atomic mass is 10.0. The molecule has 1 amide bonds. The summed E-state index contributed by atoms with van der Waals surface area (Å²) in [7, 11) is 1.67. The third kappa shape index (κ3) is 7.33. The predicted molar refractivity (Wildman–Crippen MR) is 108 cm³/mol. The van der Waals surface area contributed by atoms with E-state index in [0.717, 1.165) is 24.1 Å². The van der Waals surface area contributed by atoms with Crippen LogP contribution in [-0.4, -0.2) is 60.5 Å². The number of alkyl halides is 3. The molecule has 0 bridgehead atoms. The lowest BCUT2D eigenvalue weighted by Gasteiger charge is -2.12. The van der Waals surface area contributed by atoms with Crippen LogP contribution in [0.5, 0.6) is 0 Å². The van der Waals surface area contributed by atoms with Gasteiger partial charge < -0.3 is 20.5 Å². The van der Waals surface area contributed by atoms with Crippen LogP contribution in [0.1, 0.15) is 22.5 Å². The first-order valence-corrected chi connectivity index (χ1v) is 9.44. The molecule has 3 rings (SSSR count). The molecule has 2 heterocycles. The Labute approximate surface area is 182 Å². The highest BCUT2D eigenvalue weighted by Gasteiger charge is 2.38. The van der Waals surface area contributed by atoms with Crippen molar-refractivity contribution < 1.29 is 32.6 Å². The summed E-state index contributed by atoms with van der Waals surface area (Å²) < 4.78 is 36.9. The first-order valence-electron chi connectivity index (χ1n) is 9.44. The van der Waals surface area contributed by atoms with Crippen LogP contribution in [0, 0.1) is 11.3 Å². The Morgan fingerprint density at radius 3 is 2.62 bits per heavy atom. The predicted octanol–water partition coefficient (Wildman–Crippen LogP) is 2.36. The number of ether oxygens (including phenoxy) is 1. The van der Waals surface area contributed by atoms with Gasteiger partial charge in [-0.3, -0.25) is 9.78 Å². The monoisotopic (exact) mass is 450 g/mol. The van der Waals surface area contributed by atoms with E-state index in [1.807, 2.05) is 18.2 Å². The van der Waals surface area contributed by atoms with Crippen LogP contribution >= 0.6 is 0 Å². The van der Waals surface area contributed by atoms with Gasteiger partial charge in [0.05, 0.1) is 18.2 Å². The minimum absolute atomic E-state index is 0.0695. The SMILES string of the molecule is COC[C@@H]1C[C@@H](NC(=O)c2cc(-c3cccc(C#N)c3)ccn2)CN1.O=C(O)C(F)(F)F. The molecule has 1 aliphatic heterocycles. The first-order chi connectivity index (χ1) is 15.1. The Morgan fingerprint density at radius 1 is 1.31 bits per heavy atom. The van der Waals surface area contributed by atoms with Gasteiger partial charge in [0.15, 0.2) is 0 Å². The maximum absolute atomic E-state index is 12.5. The lowest BCUT2D eigenvalue weighted by Crippen LogP contribution is -2.36. The number of aliphatic carboxylic acids is 1. The zero-order chi connectivity index (χ0) is 23.7. The molecule has 1 saturated heterocycles. The summed E-state index contributed by atoms with van der Waals surface area (Å²) in [4.78, 5) is 25.6. The number of methoxy groups -OCH3 is 1. The van der Waals surface area contributed by atoms with Gasteiger partial charge in [-0.2, -0.15) is 18.4 Å². The topological polar surface area (TPSA) is 124 Å². The van der Waals surface area contributed by atoms with Gasteiger partial charge in [-0.15, -0.1) is 0 Å². The van der Waals surface area contributed by atoms with Crippen LogP contribution in [-0.2, 0) is 9.53 Å². The van der Waals surface area contributed by atoms with Gasteiger partial charge in [0.2, 0.25) is 0 Å². The van der Waals surface area contributed by atoms with Crippen molar-refractivity contribution >= 4 is 11.9 Å². The van der Waals surface area contributed by atoms with Gasteiger partial charge >= 0.3 is 12.1 Å². The molecular formula is C21H21F3N4O4. The smallest absolute Gasteiger partial charge is 0.475 e. The molecule has 11 heteroatoms. The molecule has 1 aromatic heterocycles. The number of nitrogens with zero attached hydrogens (tertiary/aromatic N) is 2. The fourth-order valence-corrected chi connectivity index (χ4v) is 3.02. The van der Waals surface area contributed by atoms with Crippen LogP contribution < -0.4 is 10.6 Å². The van der Waals surface area contributed by atoms with Gasteiger partial charge in [0.1, 0.15) is 5.69 Å². The van der Waals surface area contributed by atoms with E-state index >= 15 is 0 Å². The van der Waals surface area contributed by atoms with Crippen molar-refractivity contribution in [2.45, 2.75) is 24.7 Å². The van der Waals surface area contributed by atoms with Gasteiger partial charge in [0, 0.05) is 31.9 Å². The van der Waals surface area contributed by atoms with E-state index in [9.17, 15) is 18.0 Å². The summed E-state index contributed by atoms with van der Waals surface area (Å²) in [6.07, 6.45) is -2.63. The Balaban J connectivity index is 0.000000451. The van der Waals surface area contributed by atoms with Gasteiger partial charge in [-0.25, -0.2) is 4.79 Å². The highest BCUT2D eigenvalue weighted by Crippen LogP contribution is 2.21. The van der Waals surface area contributed by atoms with Crippen LogP contribution in [0.3, 0.4) is 0 Å². The molecule has 0 radical (unpaired) electrons. The number of carbonyl (C=O) groups excluding carboxylic acids is 1. The highest BCUT2D eigenvalue weighted by molar-refractivity contribution is 5.93. The number of carbonyl (C=O) groups is 2. The summed E-state index contributed by atoms with van der Waals surface area (Å²) in [6.45, 7) is 1.36. The van der Waals surface area contributed by atoms with E-state index in [4.69, 9.17) is 19.9 Å². The van der Waals surface area contributed by atoms with Gasteiger partial charge in [-0.1, -0.05) is 12.1 Å². The summed E-state index contributed by atoms with van der Waals surface area (Å²) in [6, 6.07) is 13.3. The van der Waals surface area contributed by atoms with E-state index in [0.29, 0.717) is 17.9 Å². The summed E-state index contributed by atoms with van der Waals surface area (Å²) in [5.74, 6) is -2.95. The van der Waals surface area contributed by atoms with E-state index in [2.05, 4.69) is 21.7 Å². The average Bonchev–Trinajstić information content (AvgIpc) is 3.20. The Bertz CT molecular complexity index is 991. The molecule has 1 aliphatic rings. The largest absolute Gasteiger partial charge is 0.490 e. The number of nitriles is 1. The van der Waals surface area contributed by atoms with Crippen molar-refractivity contribution in [1.29, 1.82) is 5.26 Å². The molecular weight excluding hydrogens is 429 g/mol. The van der Waals surface area contributed by atoms with Crippen molar-refractivity contribution in [3.05, 3.63) is 53.9 Å². The fraction of sp³-hybridized carbons (Fsp3) is 0.333. The molecule has 0 unspecified atom stereocenters. The number of hydrogen-bond donors (Lipinski definition) is 3. The van der Waals surface area contributed by atoms with E-state index < -0.39 is 12.1 Å². The molecule has 32 heavy (non-hydrogen) atoms. The van der Waals surface area contributed by atoms with Crippen LogP contribution in [0.2, 0.25) is 0 Å². The zero-order valence-electron chi connectivity index (χ0n) is 17.0. The van der Waals surface area contributed by atoms with Crippen LogP contribution in [0.25, 0.3) is 11.1 Å². The van der Waals surface area contributed by atoms with Gasteiger partial charge in [-0.05, 0) is 41.8 Å². The Morgan fingerprint density at radius 2 is 2.00 bits per heavy atom. The van der Waals surface area contributed by atoms with Crippen molar-refractivity contribution in [3.8, 4) is 17.2 Å². The standard InChI is InChI=1S/C19H20N4O2.C2HF3O2/c1-25-12-17-9-16(11-22-17)23-19(24)18-8-15(5-6-21-18)14-4-2-3-13(7-14)10-20;3-2(4,5)1(6)7/h2-8,16-17,22H,9,11-12H2,1H3,(H,23,24);(H,6,7)/t16-,17+;/m1./s1. The Hall–Kier alpha value is -3.49. The maximum atomic E-state index is 12.5. The number of benzene rings is 1. The second-order valence-corrected chi connectivity index (χ2v) is 6.89.